The van der Waals surface area contributed by atoms with E-state index in [1.54, 1.807) is 7.11 Å². The molecule has 1 saturated carbocycles. The fourth-order valence-electron chi connectivity index (χ4n) is 3.19. The first kappa shape index (κ1) is 15.2. The van der Waals surface area contributed by atoms with Crippen LogP contribution >= 0.6 is 0 Å². The Morgan fingerprint density at radius 2 is 2.14 bits per heavy atom. The van der Waals surface area contributed by atoms with E-state index < -0.39 is 0 Å². The lowest BCUT2D eigenvalue weighted by Gasteiger charge is -2.25. The SMILES string of the molecule is COCCc1nc([C@H](C)n2ccnc2)n(C2CCCCC2)n1. The van der Waals surface area contributed by atoms with Crippen molar-refractivity contribution in [3.05, 3.63) is 30.4 Å². The molecule has 2 heterocycles. The number of imidazole rings is 1. The molecule has 0 unspecified atom stereocenters. The van der Waals surface area contributed by atoms with Gasteiger partial charge in [-0.05, 0) is 19.8 Å². The molecule has 0 radical (unpaired) electrons. The van der Waals surface area contributed by atoms with Crippen molar-refractivity contribution < 1.29 is 4.74 Å². The number of nitrogens with zero attached hydrogens (tertiary/aromatic N) is 5. The number of hydrogen-bond donors (Lipinski definition) is 0. The quantitative estimate of drug-likeness (QED) is 0.823. The van der Waals surface area contributed by atoms with E-state index in [-0.39, 0.29) is 6.04 Å². The Hall–Kier alpha value is -1.69. The summed E-state index contributed by atoms with van der Waals surface area (Å²) in [6.07, 6.45) is 12.7. The second kappa shape index (κ2) is 7.05. The van der Waals surface area contributed by atoms with Crippen molar-refractivity contribution >= 4 is 0 Å². The lowest BCUT2D eigenvalue weighted by Crippen LogP contribution is -2.20. The van der Waals surface area contributed by atoms with Gasteiger partial charge in [0.05, 0.1) is 25.0 Å². The molecule has 3 rings (SSSR count). The topological polar surface area (TPSA) is 57.8 Å². The van der Waals surface area contributed by atoms with Gasteiger partial charge in [0.25, 0.3) is 0 Å². The van der Waals surface area contributed by atoms with Crippen LogP contribution in [-0.2, 0) is 11.2 Å². The van der Waals surface area contributed by atoms with Crippen molar-refractivity contribution in [2.24, 2.45) is 0 Å². The summed E-state index contributed by atoms with van der Waals surface area (Å²) in [5.41, 5.74) is 0. The summed E-state index contributed by atoms with van der Waals surface area (Å²) in [6, 6.07) is 0.631. The van der Waals surface area contributed by atoms with E-state index in [1.165, 1.54) is 32.1 Å². The zero-order valence-electron chi connectivity index (χ0n) is 13.5. The van der Waals surface area contributed by atoms with Crippen LogP contribution in [0, 0.1) is 0 Å². The van der Waals surface area contributed by atoms with Crippen LogP contribution in [0.1, 0.15) is 62.8 Å². The highest BCUT2D eigenvalue weighted by Crippen LogP contribution is 2.30. The summed E-state index contributed by atoms with van der Waals surface area (Å²) in [5.74, 6) is 1.92. The molecule has 22 heavy (non-hydrogen) atoms. The minimum Gasteiger partial charge on any atom is -0.384 e. The Kier molecular flexibility index (Phi) is 4.87. The third-order valence-corrected chi connectivity index (χ3v) is 4.50. The van der Waals surface area contributed by atoms with Crippen molar-refractivity contribution in [1.29, 1.82) is 0 Å². The van der Waals surface area contributed by atoms with Crippen LogP contribution in [0.15, 0.2) is 18.7 Å². The molecule has 0 aliphatic heterocycles. The largest absolute Gasteiger partial charge is 0.384 e. The third-order valence-electron chi connectivity index (χ3n) is 4.50. The maximum absolute atomic E-state index is 5.17. The second-order valence-electron chi connectivity index (χ2n) is 6.05. The molecule has 1 aliphatic rings. The minimum atomic E-state index is 0.147. The summed E-state index contributed by atoms with van der Waals surface area (Å²) in [6.45, 7) is 2.82. The average molecular weight is 303 g/mol. The standard InChI is InChI=1S/C16H25N5O/c1-13(20-10-9-17-12-20)16-18-15(8-11-22-2)19-21(16)14-6-4-3-5-7-14/h9-10,12-14H,3-8,11H2,1-2H3/t13-/m0/s1. The molecule has 0 spiro atoms. The molecular formula is C16H25N5O. The van der Waals surface area contributed by atoms with Gasteiger partial charge in [0.15, 0.2) is 5.82 Å². The zero-order chi connectivity index (χ0) is 15.4. The summed E-state index contributed by atoms with van der Waals surface area (Å²) in [5, 5.41) is 4.79. The highest BCUT2D eigenvalue weighted by molar-refractivity contribution is 5.03. The van der Waals surface area contributed by atoms with Crippen LogP contribution in [-0.4, -0.2) is 38.0 Å². The Morgan fingerprint density at radius 1 is 1.32 bits per heavy atom. The van der Waals surface area contributed by atoms with Crippen LogP contribution in [0.4, 0.5) is 0 Å². The van der Waals surface area contributed by atoms with Crippen molar-refractivity contribution in [3.8, 4) is 0 Å². The monoisotopic (exact) mass is 303 g/mol. The van der Waals surface area contributed by atoms with E-state index in [4.69, 9.17) is 14.8 Å². The molecule has 0 saturated heterocycles. The lowest BCUT2D eigenvalue weighted by molar-refractivity contribution is 0.200. The number of methoxy groups -OCH3 is 1. The third kappa shape index (κ3) is 3.21. The van der Waals surface area contributed by atoms with E-state index in [0.29, 0.717) is 12.6 Å². The van der Waals surface area contributed by atoms with Crippen molar-refractivity contribution in [1.82, 2.24) is 24.3 Å². The van der Waals surface area contributed by atoms with Gasteiger partial charge in [-0.3, -0.25) is 0 Å². The zero-order valence-corrected chi connectivity index (χ0v) is 13.5. The highest BCUT2D eigenvalue weighted by Gasteiger charge is 2.24. The van der Waals surface area contributed by atoms with Gasteiger partial charge in [-0.2, -0.15) is 5.10 Å². The van der Waals surface area contributed by atoms with Crippen molar-refractivity contribution in [2.45, 2.75) is 57.5 Å². The van der Waals surface area contributed by atoms with E-state index in [9.17, 15) is 0 Å². The molecule has 120 valence electrons. The van der Waals surface area contributed by atoms with Gasteiger partial charge in [-0.1, -0.05) is 19.3 Å². The van der Waals surface area contributed by atoms with Crippen LogP contribution in [0.25, 0.3) is 0 Å². The summed E-state index contributed by atoms with van der Waals surface area (Å²) in [4.78, 5) is 8.95. The molecule has 0 N–H and O–H groups in total. The van der Waals surface area contributed by atoms with E-state index >= 15 is 0 Å². The first-order valence-corrected chi connectivity index (χ1v) is 8.21. The molecule has 0 aromatic carbocycles. The molecule has 1 atom stereocenters. The molecule has 0 amide bonds. The van der Waals surface area contributed by atoms with Gasteiger partial charge in [-0.15, -0.1) is 0 Å². The minimum absolute atomic E-state index is 0.147. The van der Waals surface area contributed by atoms with Crippen LogP contribution < -0.4 is 0 Å². The van der Waals surface area contributed by atoms with E-state index in [2.05, 4.69) is 21.2 Å². The van der Waals surface area contributed by atoms with E-state index in [0.717, 1.165) is 18.1 Å². The first-order valence-electron chi connectivity index (χ1n) is 8.21. The number of aromatic nitrogens is 5. The Balaban J connectivity index is 1.89. The van der Waals surface area contributed by atoms with Gasteiger partial charge >= 0.3 is 0 Å². The summed E-state index contributed by atoms with van der Waals surface area (Å²) < 4.78 is 9.43. The van der Waals surface area contributed by atoms with Crippen molar-refractivity contribution in [2.75, 3.05) is 13.7 Å². The summed E-state index contributed by atoms with van der Waals surface area (Å²) >= 11 is 0. The van der Waals surface area contributed by atoms with Crippen LogP contribution in [0.3, 0.4) is 0 Å². The van der Waals surface area contributed by atoms with Crippen LogP contribution in [0.5, 0.6) is 0 Å². The van der Waals surface area contributed by atoms with Crippen LogP contribution in [0.2, 0.25) is 0 Å². The maximum atomic E-state index is 5.17. The molecule has 6 nitrogen and oxygen atoms in total. The maximum Gasteiger partial charge on any atom is 0.153 e. The second-order valence-corrected chi connectivity index (χ2v) is 6.05. The normalized spacial score (nSPS) is 17.7. The first-order chi connectivity index (χ1) is 10.8. The smallest absolute Gasteiger partial charge is 0.153 e. The molecule has 2 aromatic rings. The molecule has 1 aliphatic carbocycles. The Labute approximate surface area is 131 Å². The van der Waals surface area contributed by atoms with Gasteiger partial charge < -0.3 is 9.30 Å². The van der Waals surface area contributed by atoms with Gasteiger partial charge in [0, 0.05) is 25.9 Å². The lowest BCUT2D eigenvalue weighted by atomic mass is 9.95. The molecular weight excluding hydrogens is 278 g/mol. The van der Waals surface area contributed by atoms with E-state index in [1.807, 2.05) is 18.7 Å². The Bertz CT molecular complexity index is 571. The molecule has 2 aromatic heterocycles. The molecule has 1 fully saturated rings. The number of rotatable bonds is 6. The average Bonchev–Trinajstić information content (AvgIpc) is 3.23. The summed E-state index contributed by atoms with van der Waals surface area (Å²) in [7, 11) is 1.72. The Morgan fingerprint density at radius 3 is 2.82 bits per heavy atom. The van der Waals surface area contributed by atoms with Gasteiger partial charge in [0.1, 0.15) is 5.82 Å². The van der Waals surface area contributed by atoms with Gasteiger partial charge in [0.2, 0.25) is 0 Å². The number of hydrogen-bond acceptors (Lipinski definition) is 4. The predicted molar refractivity (Wildman–Crippen MR) is 83.8 cm³/mol. The molecule has 0 bridgehead atoms. The number of ether oxygens (including phenoxy) is 1. The molecule has 6 heteroatoms. The van der Waals surface area contributed by atoms with Crippen molar-refractivity contribution in [3.63, 3.8) is 0 Å². The predicted octanol–water partition coefficient (Wildman–Crippen LogP) is 2.78. The fraction of sp³-hybridized carbons (Fsp3) is 0.688. The highest BCUT2D eigenvalue weighted by atomic mass is 16.5. The van der Waals surface area contributed by atoms with Gasteiger partial charge in [-0.25, -0.2) is 14.6 Å². The fourth-order valence-corrected chi connectivity index (χ4v) is 3.19.